The highest BCUT2D eigenvalue weighted by atomic mass is 16.4. The predicted octanol–water partition coefficient (Wildman–Crippen LogP) is -0.727. The van der Waals surface area contributed by atoms with Crippen LogP contribution < -0.4 is 5.32 Å². The average molecular weight is 241 g/mol. The summed E-state index contributed by atoms with van der Waals surface area (Å²) in [4.78, 5) is 22.1. The molecule has 1 unspecified atom stereocenters. The van der Waals surface area contributed by atoms with E-state index in [-0.39, 0.29) is 11.3 Å². The molecule has 1 atom stereocenters. The lowest BCUT2D eigenvalue weighted by Gasteiger charge is -2.12. The van der Waals surface area contributed by atoms with Gasteiger partial charge in [0.2, 0.25) is 0 Å². The normalized spacial score (nSPS) is 11.8. The van der Waals surface area contributed by atoms with Crippen LogP contribution in [0.2, 0.25) is 0 Å². The van der Waals surface area contributed by atoms with Crippen molar-refractivity contribution in [3.8, 4) is 11.5 Å². The van der Waals surface area contributed by atoms with E-state index in [4.69, 9.17) is 15.3 Å². The van der Waals surface area contributed by atoms with Gasteiger partial charge in [0.1, 0.15) is 11.5 Å². The van der Waals surface area contributed by atoms with Crippen molar-refractivity contribution in [2.75, 3.05) is 6.61 Å². The number of aromatic hydroxyl groups is 2. The topological polar surface area (TPSA) is 127 Å². The number of carbonyl (C=O) groups excluding carboxylic acids is 1. The maximum absolute atomic E-state index is 11.5. The summed E-state index contributed by atoms with van der Waals surface area (Å²) in [5, 5.41) is 37.7. The molecule has 1 rings (SSSR count). The molecule has 1 aromatic carbocycles. The van der Waals surface area contributed by atoms with Gasteiger partial charge < -0.3 is 25.7 Å². The van der Waals surface area contributed by atoms with E-state index in [0.717, 1.165) is 12.1 Å². The second-order valence-electron chi connectivity index (χ2n) is 3.25. The summed E-state index contributed by atoms with van der Waals surface area (Å²) in [6, 6.07) is 1.80. The third-order valence-electron chi connectivity index (χ3n) is 2.01. The number of carboxylic acids is 1. The van der Waals surface area contributed by atoms with Gasteiger partial charge in [-0.3, -0.25) is 4.79 Å². The molecule has 1 aromatic rings. The highest BCUT2D eigenvalue weighted by Gasteiger charge is 2.21. The summed E-state index contributed by atoms with van der Waals surface area (Å²) >= 11 is 0. The molecule has 0 aromatic heterocycles. The molecule has 0 bridgehead atoms. The number of rotatable bonds is 4. The Morgan fingerprint density at radius 3 is 2.41 bits per heavy atom. The molecule has 0 radical (unpaired) electrons. The molecule has 0 aliphatic heterocycles. The first-order chi connectivity index (χ1) is 7.95. The third kappa shape index (κ3) is 3.08. The van der Waals surface area contributed by atoms with Crippen molar-refractivity contribution in [2.24, 2.45) is 0 Å². The van der Waals surface area contributed by atoms with E-state index in [1.807, 2.05) is 5.32 Å². The van der Waals surface area contributed by atoms with Gasteiger partial charge in [-0.15, -0.1) is 0 Å². The van der Waals surface area contributed by atoms with Crippen molar-refractivity contribution in [1.82, 2.24) is 5.32 Å². The summed E-state index contributed by atoms with van der Waals surface area (Å²) in [7, 11) is 0. The van der Waals surface area contributed by atoms with Crippen molar-refractivity contribution in [2.45, 2.75) is 6.04 Å². The Bertz CT molecular complexity index is 444. The molecule has 0 fully saturated rings. The summed E-state index contributed by atoms with van der Waals surface area (Å²) in [5.41, 5.74) is -0.192. The molecule has 92 valence electrons. The standard InChI is InChI=1S/C10H11NO6/c12-4-7(10(16)17)11-9(15)6-2-1-5(13)3-8(6)14/h1-3,7,12-14H,4H2,(H,11,15)(H,16,17). The van der Waals surface area contributed by atoms with Gasteiger partial charge in [-0.25, -0.2) is 4.79 Å². The highest BCUT2D eigenvalue weighted by molar-refractivity contribution is 5.99. The summed E-state index contributed by atoms with van der Waals surface area (Å²) in [6.45, 7) is -0.764. The lowest BCUT2D eigenvalue weighted by atomic mass is 10.1. The van der Waals surface area contributed by atoms with Crippen molar-refractivity contribution in [1.29, 1.82) is 0 Å². The Kier molecular flexibility index (Phi) is 3.89. The van der Waals surface area contributed by atoms with Crippen LogP contribution in [0.5, 0.6) is 11.5 Å². The first kappa shape index (κ1) is 12.8. The minimum Gasteiger partial charge on any atom is -0.508 e. The molecule has 0 aliphatic carbocycles. The molecule has 17 heavy (non-hydrogen) atoms. The number of carbonyl (C=O) groups is 2. The number of benzene rings is 1. The van der Waals surface area contributed by atoms with Gasteiger partial charge in [-0.2, -0.15) is 0 Å². The van der Waals surface area contributed by atoms with Gasteiger partial charge in [0.05, 0.1) is 12.2 Å². The van der Waals surface area contributed by atoms with E-state index >= 15 is 0 Å². The maximum atomic E-state index is 11.5. The number of hydrogen-bond donors (Lipinski definition) is 5. The number of phenols is 2. The molecule has 0 aliphatic rings. The Morgan fingerprint density at radius 2 is 1.94 bits per heavy atom. The molecule has 0 saturated heterocycles. The van der Waals surface area contributed by atoms with E-state index in [2.05, 4.69) is 0 Å². The molecule has 0 spiro atoms. The van der Waals surface area contributed by atoms with Crippen LogP contribution in [0.1, 0.15) is 10.4 Å². The van der Waals surface area contributed by atoms with Crippen LogP contribution in [0.4, 0.5) is 0 Å². The molecular weight excluding hydrogens is 230 g/mol. The second-order valence-corrected chi connectivity index (χ2v) is 3.25. The van der Waals surface area contributed by atoms with Gasteiger partial charge in [0, 0.05) is 6.07 Å². The smallest absolute Gasteiger partial charge is 0.328 e. The number of nitrogens with one attached hydrogen (secondary N) is 1. The van der Waals surface area contributed by atoms with Crippen LogP contribution in [0.25, 0.3) is 0 Å². The fourth-order valence-electron chi connectivity index (χ4n) is 1.13. The Balaban J connectivity index is 2.86. The first-order valence-electron chi connectivity index (χ1n) is 4.62. The van der Waals surface area contributed by atoms with Gasteiger partial charge in [0.15, 0.2) is 6.04 Å². The third-order valence-corrected chi connectivity index (χ3v) is 2.01. The summed E-state index contributed by atoms with van der Waals surface area (Å²) in [6.07, 6.45) is 0. The van der Waals surface area contributed by atoms with Crippen LogP contribution in [-0.4, -0.2) is 45.0 Å². The molecule has 7 nitrogen and oxygen atoms in total. The molecule has 7 heteroatoms. The largest absolute Gasteiger partial charge is 0.508 e. The SMILES string of the molecule is O=C(NC(CO)C(=O)O)c1ccc(O)cc1O. The van der Waals surface area contributed by atoms with Crippen molar-refractivity contribution in [3.05, 3.63) is 23.8 Å². The van der Waals surface area contributed by atoms with E-state index in [1.54, 1.807) is 0 Å². The van der Waals surface area contributed by atoms with Gasteiger partial charge in [-0.1, -0.05) is 0 Å². The van der Waals surface area contributed by atoms with Crippen molar-refractivity contribution < 1.29 is 30.0 Å². The zero-order valence-corrected chi connectivity index (χ0v) is 8.62. The van der Waals surface area contributed by atoms with Crippen LogP contribution >= 0.6 is 0 Å². The van der Waals surface area contributed by atoms with Crippen LogP contribution in [0.15, 0.2) is 18.2 Å². The number of carboxylic acid groups (broad SMARTS) is 1. The molecule has 5 N–H and O–H groups in total. The van der Waals surface area contributed by atoms with E-state index in [0.29, 0.717) is 0 Å². The summed E-state index contributed by atoms with van der Waals surface area (Å²) < 4.78 is 0. The molecule has 0 heterocycles. The maximum Gasteiger partial charge on any atom is 0.328 e. The number of phenolic OH excluding ortho intramolecular Hbond substituents is 2. The number of aliphatic hydroxyl groups is 1. The molecule has 0 saturated carbocycles. The Morgan fingerprint density at radius 1 is 1.29 bits per heavy atom. The minimum atomic E-state index is -1.45. The van der Waals surface area contributed by atoms with Crippen LogP contribution in [0, 0.1) is 0 Å². The number of hydrogen-bond acceptors (Lipinski definition) is 5. The minimum absolute atomic E-state index is 0.192. The molecular formula is C10H11NO6. The lowest BCUT2D eigenvalue weighted by Crippen LogP contribution is -2.43. The highest BCUT2D eigenvalue weighted by Crippen LogP contribution is 2.22. The van der Waals surface area contributed by atoms with Crippen LogP contribution in [0.3, 0.4) is 0 Å². The van der Waals surface area contributed by atoms with E-state index < -0.39 is 30.3 Å². The second kappa shape index (κ2) is 5.17. The predicted molar refractivity (Wildman–Crippen MR) is 55.7 cm³/mol. The summed E-state index contributed by atoms with van der Waals surface area (Å²) in [5.74, 6) is -2.95. The monoisotopic (exact) mass is 241 g/mol. The number of aliphatic hydroxyl groups excluding tert-OH is 1. The van der Waals surface area contributed by atoms with Crippen molar-refractivity contribution >= 4 is 11.9 Å². The lowest BCUT2D eigenvalue weighted by molar-refractivity contribution is -0.140. The quantitative estimate of drug-likeness (QED) is 0.473. The zero-order chi connectivity index (χ0) is 13.0. The zero-order valence-electron chi connectivity index (χ0n) is 8.62. The van der Waals surface area contributed by atoms with Crippen molar-refractivity contribution in [3.63, 3.8) is 0 Å². The van der Waals surface area contributed by atoms with Crippen LogP contribution in [-0.2, 0) is 4.79 Å². The van der Waals surface area contributed by atoms with Gasteiger partial charge in [0.25, 0.3) is 5.91 Å². The molecule has 1 amide bonds. The first-order valence-corrected chi connectivity index (χ1v) is 4.62. The Hall–Kier alpha value is -2.28. The van der Waals surface area contributed by atoms with Gasteiger partial charge >= 0.3 is 5.97 Å². The average Bonchev–Trinajstić information content (AvgIpc) is 2.24. The fraction of sp³-hybridized carbons (Fsp3) is 0.200. The number of aliphatic carboxylic acids is 1. The van der Waals surface area contributed by atoms with Gasteiger partial charge in [-0.05, 0) is 12.1 Å². The van der Waals surface area contributed by atoms with E-state index in [9.17, 15) is 14.7 Å². The van der Waals surface area contributed by atoms with E-state index in [1.165, 1.54) is 6.07 Å². The fourth-order valence-corrected chi connectivity index (χ4v) is 1.13. The Labute approximate surface area is 95.9 Å². The number of amides is 1.